The summed E-state index contributed by atoms with van der Waals surface area (Å²) in [6.07, 6.45) is 3.08. The first-order valence-corrected chi connectivity index (χ1v) is 5.50. The summed E-state index contributed by atoms with van der Waals surface area (Å²) >= 11 is 0. The third-order valence-electron chi connectivity index (χ3n) is 1.55. The van der Waals surface area contributed by atoms with Gasteiger partial charge in [0.25, 0.3) is 0 Å². The highest BCUT2D eigenvalue weighted by Crippen LogP contribution is 2.15. The molecule has 0 amide bonds. The molecule has 1 radical (unpaired) electrons. The summed E-state index contributed by atoms with van der Waals surface area (Å²) in [5.41, 5.74) is 0. The SMILES string of the molecule is C=CCC(C)[B]C(C)C=PC. The van der Waals surface area contributed by atoms with Crippen LogP contribution in [-0.2, 0) is 0 Å². The molecule has 0 spiro atoms. The van der Waals surface area contributed by atoms with Crippen LogP contribution in [0, 0.1) is 0 Å². The molecule has 0 nitrogen and oxygen atoms in total. The molecule has 0 aromatic carbocycles. The average molecular weight is 167 g/mol. The number of rotatable bonds is 5. The molecule has 2 unspecified atom stereocenters. The van der Waals surface area contributed by atoms with Crippen LogP contribution in [0.15, 0.2) is 12.7 Å². The van der Waals surface area contributed by atoms with Crippen LogP contribution >= 0.6 is 8.20 Å². The third-order valence-corrected chi connectivity index (χ3v) is 2.32. The van der Waals surface area contributed by atoms with Gasteiger partial charge in [0.05, 0.1) is 0 Å². The quantitative estimate of drug-likeness (QED) is 0.335. The monoisotopic (exact) mass is 167 g/mol. The molecule has 61 valence electrons. The Labute approximate surface area is 73.1 Å². The van der Waals surface area contributed by atoms with Crippen LogP contribution in [0.25, 0.3) is 0 Å². The second kappa shape index (κ2) is 6.67. The van der Waals surface area contributed by atoms with Crippen LogP contribution in [0.1, 0.15) is 20.3 Å². The van der Waals surface area contributed by atoms with Gasteiger partial charge < -0.3 is 0 Å². The minimum atomic E-state index is 0.636. The fourth-order valence-corrected chi connectivity index (χ4v) is 1.71. The van der Waals surface area contributed by atoms with E-state index in [-0.39, 0.29) is 0 Å². The highest BCUT2D eigenvalue weighted by Gasteiger charge is 2.05. The maximum Gasteiger partial charge on any atom is 0.123 e. The van der Waals surface area contributed by atoms with Crippen LogP contribution in [0.5, 0.6) is 0 Å². The van der Waals surface area contributed by atoms with Gasteiger partial charge in [0.2, 0.25) is 0 Å². The van der Waals surface area contributed by atoms with E-state index in [4.69, 9.17) is 0 Å². The Hall–Kier alpha value is -0.0251. The van der Waals surface area contributed by atoms with Crippen molar-refractivity contribution in [1.29, 1.82) is 0 Å². The molecule has 0 N–H and O–H groups in total. The van der Waals surface area contributed by atoms with E-state index < -0.39 is 0 Å². The van der Waals surface area contributed by atoms with Crippen molar-refractivity contribution in [3.8, 4) is 0 Å². The lowest BCUT2D eigenvalue weighted by Crippen LogP contribution is -2.05. The molecular weight excluding hydrogens is 150 g/mol. The van der Waals surface area contributed by atoms with E-state index in [1.54, 1.807) is 0 Å². The molecule has 0 heterocycles. The maximum atomic E-state index is 3.72. The zero-order chi connectivity index (χ0) is 8.69. The van der Waals surface area contributed by atoms with Gasteiger partial charge in [0, 0.05) is 0 Å². The predicted octanol–water partition coefficient (Wildman–Crippen LogP) is 3.26. The van der Waals surface area contributed by atoms with Gasteiger partial charge in [-0.2, -0.15) is 0 Å². The molecule has 0 saturated heterocycles. The summed E-state index contributed by atoms with van der Waals surface area (Å²) in [5, 5.41) is 0. The molecule has 0 fully saturated rings. The summed E-state index contributed by atoms with van der Waals surface area (Å²) in [6.45, 7) is 10.3. The van der Waals surface area contributed by atoms with Crippen molar-refractivity contribution in [2.75, 3.05) is 6.66 Å². The summed E-state index contributed by atoms with van der Waals surface area (Å²) in [4.78, 5) is 0. The van der Waals surface area contributed by atoms with E-state index in [9.17, 15) is 0 Å². The van der Waals surface area contributed by atoms with Crippen LogP contribution in [0.4, 0.5) is 0 Å². The van der Waals surface area contributed by atoms with Crippen molar-refractivity contribution in [2.24, 2.45) is 0 Å². The van der Waals surface area contributed by atoms with E-state index in [0.29, 0.717) is 11.6 Å². The Morgan fingerprint density at radius 2 is 2.18 bits per heavy atom. The van der Waals surface area contributed by atoms with E-state index in [2.05, 4.69) is 40.2 Å². The topological polar surface area (TPSA) is 0 Å². The van der Waals surface area contributed by atoms with E-state index in [1.807, 2.05) is 6.08 Å². The number of allylic oxidation sites excluding steroid dienone is 1. The molecular formula is C9H17BP. The van der Waals surface area contributed by atoms with Gasteiger partial charge in [-0.1, -0.05) is 31.5 Å². The van der Waals surface area contributed by atoms with Gasteiger partial charge in [-0.25, -0.2) is 0 Å². The molecule has 0 aliphatic carbocycles. The molecule has 2 heteroatoms. The first-order valence-electron chi connectivity index (χ1n) is 4.08. The van der Waals surface area contributed by atoms with Crippen molar-refractivity contribution in [1.82, 2.24) is 0 Å². The van der Waals surface area contributed by atoms with Crippen molar-refractivity contribution >= 4 is 21.3 Å². The average Bonchev–Trinajstić information content (AvgIpc) is 1.87. The lowest BCUT2D eigenvalue weighted by molar-refractivity contribution is 0.927. The minimum Gasteiger partial charge on any atom is -0.113 e. The second-order valence-corrected chi connectivity index (χ2v) is 3.78. The fourth-order valence-electron chi connectivity index (χ4n) is 1.14. The number of hydrogen-bond acceptors (Lipinski definition) is 0. The summed E-state index contributed by atoms with van der Waals surface area (Å²) < 4.78 is 0. The fraction of sp³-hybridized carbons (Fsp3) is 0.667. The zero-order valence-corrected chi connectivity index (χ0v) is 8.64. The molecule has 0 aromatic rings. The van der Waals surface area contributed by atoms with Crippen LogP contribution in [0.3, 0.4) is 0 Å². The maximum absolute atomic E-state index is 3.72. The highest BCUT2D eigenvalue weighted by molar-refractivity contribution is 7.37. The van der Waals surface area contributed by atoms with Gasteiger partial charge in [-0.05, 0) is 18.9 Å². The first kappa shape index (κ1) is 11.0. The van der Waals surface area contributed by atoms with Crippen molar-refractivity contribution < 1.29 is 0 Å². The van der Waals surface area contributed by atoms with E-state index in [1.165, 1.54) is 8.20 Å². The Balaban J connectivity index is 3.55. The van der Waals surface area contributed by atoms with Crippen molar-refractivity contribution in [3.63, 3.8) is 0 Å². The smallest absolute Gasteiger partial charge is 0.113 e. The molecule has 2 atom stereocenters. The zero-order valence-electron chi connectivity index (χ0n) is 7.75. The number of hydrogen-bond donors (Lipinski definition) is 0. The van der Waals surface area contributed by atoms with Crippen LogP contribution < -0.4 is 0 Å². The molecule has 0 aromatic heterocycles. The molecule has 0 aliphatic heterocycles. The molecule has 0 saturated carbocycles. The Bertz CT molecular complexity index is 132. The summed E-state index contributed by atoms with van der Waals surface area (Å²) in [7, 11) is 3.75. The minimum absolute atomic E-state index is 0.636. The summed E-state index contributed by atoms with van der Waals surface area (Å²) in [5.74, 6) is 3.61. The van der Waals surface area contributed by atoms with Gasteiger partial charge in [0.15, 0.2) is 0 Å². The van der Waals surface area contributed by atoms with Gasteiger partial charge >= 0.3 is 0 Å². The van der Waals surface area contributed by atoms with Crippen LogP contribution in [0.2, 0.25) is 11.6 Å². The van der Waals surface area contributed by atoms with Gasteiger partial charge in [-0.3, -0.25) is 0 Å². The predicted molar refractivity (Wildman–Crippen MR) is 58.3 cm³/mol. The van der Waals surface area contributed by atoms with E-state index in [0.717, 1.165) is 6.42 Å². The Kier molecular flexibility index (Phi) is 6.66. The Morgan fingerprint density at radius 3 is 2.64 bits per heavy atom. The first-order chi connectivity index (χ1) is 5.20. The molecule has 0 rings (SSSR count). The lowest BCUT2D eigenvalue weighted by atomic mass is 9.56. The second-order valence-electron chi connectivity index (χ2n) is 2.96. The normalized spacial score (nSPS) is 16.3. The van der Waals surface area contributed by atoms with Gasteiger partial charge in [-0.15, -0.1) is 14.8 Å². The van der Waals surface area contributed by atoms with Crippen molar-refractivity contribution in [3.05, 3.63) is 12.7 Å². The lowest BCUT2D eigenvalue weighted by Gasteiger charge is -2.09. The molecule has 0 aliphatic rings. The van der Waals surface area contributed by atoms with E-state index >= 15 is 0 Å². The third kappa shape index (κ3) is 6.38. The molecule has 11 heavy (non-hydrogen) atoms. The highest BCUT2D eigenvalue weighted by atomic mass is 31.1. The largest absolute Gasteiger partial charge is 0.123 e. The Morgan fingerprint density at radius 1 is 1.55 bits per heavy atom. The summed E-state index contributed by atoms with van der Waals surface area (Å²) in [6, 6.07) is 0. The van der Waals surface area contributed by atoms with Gasteiger partial charge in [0.1, 0.15) is 7.28 Å². The van der Waals surface area contributed by atoms with Crippen molar-refractivity contribution in [2.45, 2.75) is 31.9 Å². The molecule has 0 bridgehead atoms. The standard InChI is InChI=1S/C9H17BP/c1-5-6-8(2)10-9(3)7-11-4/h5,7-9H,1,6H2,2-4H3. The van der Waals surface area contributed by atoms with Crippen LogP contribution in [-0.4, -0.2) is 19.7 Å².